The maximum Gasteiger partial charge on any atom is 0.314 e. The van der Waals surface area contributed by atoms with Crippen molar-refractivity contribution >= 4 is 17.6 Å². The first-order chi connectivity index (χ1) is 11.9. The third-order valence-corrected chi connectivity index (χ3v) is 4.64. The van der Waals surface area contributed by atoms with Crippen molar-refractivity contribution in [1.82, 2.24) is 4.57 Å². The minimum atomic E-state index is -1.11. The number of halogens is 1. The van der Waals surface area contributed by atoms with Gasteiger partial charge < -0.3 is 19.1 Å². The molecule has 2 aromatic rings. The van der Waals surface area contributed by atoms with Crippen LogP contribution in [0.2, 0.25) is 5.02 Å². The smallest absolute Gasteiger partial charge is 0.314 e. The van der Waals surface area contributed by atoms with Crippen molar-refractivity contribution in [1.29, 1.82) is 0 Å². The Bertz CT molecular complexity index is 671. The zero-order valence-corrected chi connectivity index (χ0v) is 15.4. The molecule has 1 aromatic carbocycles. The van der Waals surface area contributed by atoms with E-state index >= 15 is 0 Å². The van der Waals surface area contributed by atoms with Crippen LogP contribution in [-0.2, 0) is 9.53 Å². The zero-order chi connectivity index (χ0) is 18.4. The Kier molecular flexibility index (Phi) is 6.51. The second-order valence-corrected chi connectivity index (χ2v) is 6.47. The summed E-state index contributed by atoms with van der Waals surface area (Å²) in [6.45, 7) is 5.54. The molecule has 0 radical (unpaired) electrons. The highest BCUT2D eigenvalue weighted by molar-refractivity contribution is 6.30. The summed E-state index contributed by atoms with van der Waals surface area (Å²) in [4.78, 5) is 12.4. The van der Waals surface area contributed by atoms with E-state index in [0.29, 0.717) is 17.2 Å². The van der Waals surface area contributed by atoms with E-state index in [2.05, 4.69) is 0 Å². The molecule has 0 spiro atoms. The molecule has 0 saturated heterocycles. The lowest BCUT2D eigenvalue weighted by Gasteiger charge is -2.36. The molecule has 0 fully saturated rings. The fourth-order valence-electron chi connectivity index (χ4n) is 2.54. The highest BCUT2D eigenvalue weighted by Gasteiger charge is 2.46. The number of aliphatic hydroxyl groups is 1. The Morgan fingerprint density at radius 1 is 1.24 bits per heavy atom. The van der Waals surface area contributed by atoms with Crippen LogP contribution in [0.3, 0.4) is 0 Å². The molecule has 1 aromatic heterocycles. The second-order valence-electron chi connectivity index (χ2n) is 6.03. The first kappa shape index (κ1) is 19.3. The van der Waals surface area contributed by atoms with Crippen LogP contribution in [0.4, 0.5) is 0 Å². The third kappa shape index (κ3) is 4.35. The predicted molar refractivity (Wildman–Crippen MR) is 96.6 cm³/mol. The molecule has 0 bridgehead atoms. The molecule has 1 heterocycles. The molecule has 3 atom stereocenters. The number of benzene rings is 1. The molecule has 2 rings (SSSR count). The molecule has 0 amide bonds. The maximum absolute atomic E-state index is 12.4. The Labute approximate surface area is 153 Å². The summed E-state index contributed by atoms with van der Waals surface area (Å²) >= 11 is 5.91. The van der Waals surface area contributed by atoms with Crippen LogP contribution in [0.5, 0.6) is 5.75 Å². The molecular weight excluding hydrogens is 342 g/mol. The lowest BCUT2D eigenvalue weighted by molar-refractivity contribution is -0.170. The summed E-state index contributed by atoms with van der Waals surface area (Å²) in [6.07, 6.45) is 2.08. The third-order valence-electron chi connectivity index (χ3n) is 4.39. The quantitative estimate of drug-likeness (QED) is 0.716. The number of carbonyl (C=O) groups excluding carboxylic acids is 1. The normalized spacial score (nSPS) is 15.9. The second kappa shape index (κ2) is 8.41. The van der Waals surface area contributed by atoms with Gasteiger partial charge in [0.2, 0.25) is 6.23 Å². The number of hydrogen-bond donors (Lipinski definition) is 1. The van der Waals surface area contributed by atoms with E-state index in [0.717, 1.165) is 0 Å². The number of nitrogens with zero attached hydrogens (tertiary/aromatic N) is 1. The Hall–Kier alpha value is -1.98. The van der Waals surface area contributed by atoms with Gasteiger partial charge in [-0.05, 0) is 56.7 Å². The summed E-state index contributed by atoms with van der Waals surface area (Å²) in [7, 11) is 0. The van der Waals surface area contributed by atoms with Gasteiger partial charge in [-0.2, -0.15) is 0 Å². The molecule has 25 heavy (non-hydrogen) atoms. The molecule has 136 valence electrons. The lowest BCUT2D eigenvalue weighted by atomic mass is 9.80. The van der Waals surface area contributed by atoms with Gasteiger partial charge >= 0.3 is 5.97 Å². The molecule has 0 aliphatic carbocycles. The number of hydrogen-bond acceptors (Lipinski definition) is 4. The van der Waals surface area contributed by atoms with Crippen LogP contribution >= 0.6 is 11.6 Å². The molecular formula is C19H24ClNO4. The minimum absolute atomic E-state index is 0.257. The van der Waals surface area contributed by atoms with Crippen molar-refractivity contribution in [2.24, 2.45) is 5.41 Å². The average molecular weight is 366 g/mol. The molecule has 0 aliphatic heterocycles. The zero-order valence-electron chi connectivity index (χ0n) is 14.7. The summed E-state index contributed by atoms with van der Waals surface area (Å²) < 4.78 is 12.9. The Morgan fingerprint density at radius 2 is 1.84 bits per heavy atom. The van der Waals surface area contributed by atoms with Crippen molar-refractivity contribution in [3.8, 4) is 5.75 Å². The standard InChI is InChI=1S/C19H24ClNO4/c1-4-19(3,18(23)24-5-2)16(22)17(21-12-6-7-13-21)25-15-10-8-14(20)9-11-15/h6-13,16-17,22H,4-5H2,1-3H3. The van der Waals surface area contributed by atoms with Gasteiger partial charge in [0.05, 0.1) is 12.0 Å². The van der Waals surface area contributed by atoms with Gasteiger partial charge in [-0.3, -0.25) is 4.79 Å². The molecule has 0 saturated carbocycles. The van der Waals surface area contributed by atoms with Gasteiger partial charge in [0.25, 0.3) is 0 Å². The molecule has 1 N–H and O–H groups in total. The van der Waals surface area contributed by atoms with E-state index in [-0.39, 0.29) is 6.61 Å². The van der Waals surface area contributed by atoms with E-state index in [1.165, 1.54) is 0 Å². The van der Waals surface area contributed by atoms with Crippen LogP contribution < -0.4 is 4.74 Å². The first-order valence-corrected chi connectivity index (χ1v) is 8.70. The van der Waals surface area contributed by atoms with E-state index in [4.69, 9.17) is 21.1 Å². The number of aromatic nitrogens is 1. The fraction of sp³-hybridized carbons (Fsp3) is 0.421. The maximum atomic E-state index is 12.4. The number of esters is 1. The van der Waals surface area contributed by atoms with Crippen molar-refractivity contribution in [2.45, 2.75) is 39.5 Å². The fourth-order valence-corrected chi connectivity index (χ4v) is 2.67. The summed E-state index contributed by atoms with van der Waals surface area (Å²) in [5, 5.41) is 11.6. The van der Waals surface area contributed by atoms with Gasteiger partial charge in [0.15, 0.2) is 0 Å². The topological polar surface area (TPSA) is 60.7 Å². The number of carbonyl (C=O) groups is 1. The summed E-state index contributed by atoms with van der Waals surface area (Å²) in [6, 6.07) is 10.5. The van der Waals surface area contributed by atoms with E-state index in [1.54, 1.807) is 55.1 Å². The van der Waals surface area contributed by atoms with Crippen molar-refractivity contribution in [3.05, 3.63) is 53.8 Å². The van der Waals surface area contributed by atoms with Crippen molar-refractivity contribution in [2.75, 3.05) is 6.61 Å². The average Bonchev–Trinajstić information content (AvgIpc) is 3.14. The van der Waals surface area contributed by atoms with Gasteiger partial charge in [-0.25, -0.2) is 0 Å². The highest BCUT2D eigenvalue weighted by atomic mass is 35.5. The van der Waals surface area contributed by atoms with E-state index < -0.39 is 23.7 Å². The highest BCUT2D eigenvalue weighted by Crippen LogP contribution is 2.35. The summed E-state index contributed by atoms with van der Waals surface area (Å²) in [5.74, 6) is 0.103. The lowest BCUT2D eigenvalue weighted by Crippen LogP contribution is -2.47. The molecule has 3 unspecified atom stereocenters. The molecule has 6 heteroatoms. The monoisotopic (exact) mass is 365 g/mol. The number of rotatable bonds is 8. The predicted octanol–water partition coefficient (Wildman–Crippen LogP) is 4.06. The summed E-state index contributed by atoms with van der Waals surface area (Å²) in [5.41, 5.74) is -1.10. The van der Waals surface area contributed by atoms with Crippen LogP contribution in [0.25, 0.3) is 0 Å². The SMILES string of the molecule is CCOC(=O)C(C)(CC)C(O)C(Oc1ccc(Cl)cc1)n1cccc1. The van der Waals surface area contributed by atoms with E-state index in [1.807, 2.05) is 19.1 Å². The Balaban J connectivity index is 2.34. The van der Waals surface area contributed by atoms with Gasteiger partial charge in [-0.15, -0.1) is 0 Å². The van der Waals surface area contributed by atoms with Gasteiger partial charge in [-0.1, -0.05) is 18.5 Å². The molecule has 5 nitrogen and oxygen atoms in total. The van der Waals surface area contributed by atoms with Crippen molar-refractivity contribution < 1.29 is 19.4 Å². The van der Waals surface area contributed by atoms with Crippen LogP contribution in [-0.4, -0.2) is 28.4 Å². The number of aliphatic hydroxyl groups excluding tert-OH is 1. The first-order valence-electron chi connectivity index (χ1n) is 8.32. The minimum Gasteiger partial charge on any atom is -0.467 e. The van der Waals surface area contributed by atoms with Gasteiger partial charge in [0, 0.05) is 17.4 Å². The van der Waals surface area contributed by atoms with Crippen LogP contribution in [0.15, 0.2) is 48.8 Å². The number of ether oxygens (including phenoxy) is 2. The van der Waals surface area contributed by atoms with Gasteiger partial charge in [0.1, 0.15) is 11.9 Å². The van der Waals surface area contributed by atoms with Crippen LogP contribution in [0.1, 0.15) is 33.4 Å². The largest absolute Gasteiger partial charge is 0.467 e. The van der Waals surface area contributed by atoms with E-state index in [9.17, 15) is 9.90 Å². The Morgan fingerprint density at radius 3 is 2.36 bits per heavy atom. The molecule has 0 aliphatic rings. The van der Waals surface area contributed by atoms with Crippen LogP contribution in [0, 0.1) is 5.41 Å². The van der Waals surface area contributed by atoms with Crippen molar-refractivity contribution in [3.63, 3.8) is 0 Å².